The van der Waals surface area contributed by atoms with Crippen LogP contribution in [0, 0.1) is 16.0 Å². The first-order chi connectivity index (χ1) is 13.8. The minimum Gasteiger partial charge on any atom is -0.329 e. The average molecular weight is 398 g/mol. The molecular formula is C20H26N6O3. The fourth-order valence-electron chi connectivity index (χ4n) is 2.72. The van der Waals surface area contributed by atoms with Crippen molar-refractivity contribution in [1.29, 1.82) is 0 Å². The first kappa shape index (κ1) is 21.8. The van der Waals surface area contributed by atoms with Crippen molar-refractivity contribution in [2.75, 3.05) is 13.7 Å². The van der Waals surface area contributed by atoms with Crippen LogP contribution in [0.25, 0.3) is 0 Å². The van der Waals surface area contributed by atoms with Crippen molar-refractivity contribution in [3.8, 4) is 0 Å². The van der Waals surface area contributed by atoms with Crippen LogP contribution >= 0.6 is 0 Å². The largest absolute Gasteiger partial charge is 0.329 e. The molecule has 0 radical (unpaired) electrons. The molecule has 2 aliphatic heterocycles. The molecule has 1 unspecified atom stereocenters. The van der Waals surface area contributed by atoms with Gasteiger partial charge in [0, 0.05) is 37.7 Å². The predicted molar refractivity (Wildman–Crippen MR) is 113 cm³/mol. The topological polar surface area (TPSA) is 103 Å². The van der Waals surface area contributed by atoms with Crippen LogP contribution in [0.15, 0.2) is 70.2 Å². The van der Waals surface area contributed by atoms with Gasteiger partial charge in [0.1, 0.15) is 6.67 Å². The second-order valence-electron chi connectivity index (χ2n) is 6.55. The number of amides is 1. The molecule has 1 amide bonds. The third-order valence-corrected chi connectivity index (χ3v) is 4.29. The lowest BCUT2D eigenvalue weighted by molar-refractivity contribution is -0.424. The van der Waals surface area contributed by atoms with Crippen LogP contribution in [-0.2, 0) is 4.79 Å². The number of nitrogens with zero attached hydrogens (tertiary/aromatic N) is 5. The van der Waals surface area contributed by atoms with Crippen molar-refractivity contribution in [2.24, 2.45) is 16.1 Å². The van der Waals surface area contributed by atoms with Gasteiger partial charge in [0.2, 0.25) is 5.70 Å². The predicted octanol–water partition coefficient (Wildman–Crippen LogP) is 2.77. The summed E-state index contributed by atoms with van der Waals surface area (Å²) < 4.78 is 0. The molecule has 2 heterocycles. The maximum absolute atomic E-state index is 12.3. The van der Waals surface area contributed by atoms with E-state index in [2.05, 4.69) is 15.5 Å². The number of nitrogens with one attached hydrogen (secondary N) is 1. The first-order valence-electron chi connectivity index (χ1n) is 9.27. The average Bonchev–Trinajstić information content (AvgIpc) is 3.07. The van der Waals surface area contributed by atoms with Gasteiger partial charge in [-0.25, -0.2) is 5.01 Å². The van der Waals surface area contributed by atoms with E-state index in [-0.39, 0.29) is 17.2 Å². The van der Waals surface area contributed by atoms with Gasteiger partial charge in [-0.05, 0) is 32.4 Å². The molecule has 0 bridgehead atoms. The number of allylic oxidation sites excluding steroid dienone is 6. The van der Waals surface area contributed by atoms with Crippen molar-refractivity contribution in [3.63, 3.8) is 0 Å². The van der Waals surface area contributed by atoms with Gasteiger partial charge < -0.3 is 5.32 Å². The lowest BCUT2D eigenvalue weighted by Crippen LogP contribution is -2.29. The van der Waals surface area contributed by atoms with Crippen LogP contribution in [0.4, 0.5) is 0 Å². The summed E-state index contributed by atoms with van der Waals surface area (Å²) in [4.78, 5) is 22.6. The highest BCUT2D eigenvalue weighted by Crippen LogP contribution is 2.18. The number of hydrogen-bond acceptors (Lipinski definition) is 7. The summed E-state index contributed by atoms with van der Waals surface area (Å²) in [6.45, 7) is 5.54. The Balaban J connectivity index is 2.10. The van der Waals surface area contributed by atoms with Crippen molar-refractivity contribution >= 4 is 17.5 Å². The second kappa shape index (κ2) is 10.2. The number of carbonyl (C=O) groups is 1. The third-order valence-electron chi connectivity index (χ3n) is 4.29. The molecule has 0 aliphatic carbocycles. The Kier molecular flexibility index (Phi) is 7.64. The fourth-order valence-corrected chi connectivity index (χ4v) is 2.72. The molecule has 0 fully saturated rings. The number of rotatable bonds is 8. The zero-order valence-corrected chi connectivity index (χ0v) is 17.1. The Morgan fingerprint density at radius 3 is 2.79 bits per heavy atom. The highest BCUT2D eigenvalue weighted by molar-refractivity contribution is 6.08. The Hall–Kier alpha value is -3.49. The molecule has 29 heavy (non-hydrogen) atoms. The van der Waals surface area contributed by atoms with Crippen LogP contribution in [0.1, 0.15) is 27.2 Å². The Morgan fingerprint density at radius 2 is 2.14 bits per heavy atom. The van der Waals surface area contributed by atoms with Crippen LogP contribution < -0.4 is 5.32 Å². The molecule has 0 aromatic heterocycles. The van der Waals surface area contributed by atoms with E-state index < -0.39 is 10.8 Å². The molecule has 0 saturated carbocycles. The molecule has 0 aromatic carbocycles. The highest BCUT2D eigenvalue weighted by Gasteiger charge is 2.23. The molecule has 2 aliphatic rings. The van der Waals surface area contributed by atoms with E-state index in [9.17, 15) is 14.9 Å². The maximum atomic E-state index is 12.3. The summed E-state index contributed by atoms with van der Waals surface area (Å²) in [7, 11) is 1.88. The van der Waals surface area contributed by atoms with Gasteiger partial charge >= 0.3 is 0 Å². The quantitative estimate of drug-likeness (QED) is 0.223. The van der Waals surface area contributed by atoms with Crippen molar-refractivity contribution in [3.05, 3.63) is 70.1 Å². The Labute approximate surface area is 170 Å². The lowest BCUT2D eigenvalue weighted by atomic mass is 9.97. The van der Waals surface area contributed by atoms with Gasteiger partial charge in [0.05, 0.1) is 10.6 Å². The van der Waals surface area contributed by atoms with E-state index in [1.54, 1.807) is 13.1 Å². The number of amidine groups is 1. The van der Waals surface area contributed by atoms with Crippen LogP contribution in [0.3, 0.4) is 0 Å². The zero-order valence-electron chi connectivity index (χ0n) is 17.1. The first-order valence-corrected chi connectivity index (χ1v) is 9.27. The Bertz CT molecular complexity index is 863. The van der Waals surface area contributed by atoms with E-state index in [4.69, 9.17) is 0 Å². The SMILES string of the molecule is C/C=C\CC(/C=C/NC(=O)C(=C/C)/C=C(\C)[N+](=O)[O-])C1=NN2CN(C)N=C2C=C1. The van der Waals surface area contributed by atoms with E-state index in [1.165, 1.54) is 19.1 Å². The van der Waals surface area contributed by atoms with Gasteiger partial charge in [-0.3, -0.25) is 19.9 Å². The van der Waals surface area contributed by atoms with E-state index >= 15 is 0 Å². The summed E-state index contributed by atoms with van der Waals surface area (Å²) in [6, 6.07) is 0. The van der Waals surface area contributed by atoms with Crippen LogP contribution in [0.2, 0.25) is 0 Å². The van der Waals surface area contributed by atoms with Gasteiger partial charge in [-0.2, -0.15) is 10.2 Å². The summed E-state index contributed by atoms with van der Waals surface area (Å²) in [5.41, 5.74) is 0.987. The highest BCUT2D eigenvalue weighted by atomic mass is 16.6. The molecule has 0 saturated heterocycles. The molecule has 0 spiro atoms. The van der Waals surface area contributed by atoms with Gasteiger partial charge in [-0.15, -0.1) is 0 Å². The lowest BCUT2D eigenvalue weighted by Gasteiger charge is -2.20. The van der Waals surface area contributed by atoms with Crippen molar-refractivity contribution in [2.45, 2.75) is 27.2 Å². The molecule has 9 heteroatoms. The summed E-state index contributed by atoms with van der Waals surface area (Å²) >= 11 is 0. The van der Waals surface area contributed by atoms with E-state index in [1.807, 2.05) is 54.4 Å². The summed E-state index contributed by atoms with van der Waals surface area (Å²) in [6.07, 6.45) is 14.8. The third kappa shape index (κ3) is 6.00. The molecule has 1 N–H and O–H groups in total. The monoisotopic (exact) mass is 398 g/mol. The number of hydrogen-bond donors (Lipinski definition) is 1. The molecule has 9 nitrogen and oxygen atoms in total. The summed E-state index contributed by atoms with van der Waals surface area (Å²) in [5.74, 6) is 0.343. The molecule has 154 valence electrons. The van der Waals surface area contributed by atoms with Gasteiger partial charge in [-0.1, -0.05) is 24.3 Å². The normalized spacial score (nSPS) is 18.2. The maximum Gasteiger partial charge on any atom is 0.255 e. The number of nitro groups is 1. The van der Waals surface area contributed by atoms with Crippen LogP contribution in [0.5, 0.6) is 0 Å². The fraction of sp³-hybridized carbons (Fsp3) is 0.350. The smallest absolute Gasteiger partial charge is 0.255 e. The number of fused-ring (bicyclic) bond motifs is 1. The minimum atomic E-state index is -0.527. The zero-order chi connectivity index (χ0) is 21.4. The van der Waals surface area contributed by atoms with Gasteiger partial charge in [0.25, 0.3) is 5.91 Å². The standard InChI is InChI=1S/C20H26N6O3/c1-5-7-8-17(18-9-10-19-23-24(4)14-25(19)22-18)11-12-21-20(27)16(6-2)13-15(3)26(28)29/h5-7,9-13,17H,8,14H2,1-4H3,(H,21,27)/b7-5-,12-11+,15-13+,16-6+. The second-order valence-corrected chi connectivity index (χ2v) is 6.55. The van der Waals surface area contributed by atoms with Crippen molar-refractivity contribution in [1.82, 2.24) is 15.3 Å². The van der Waals surface area contributed by atoms with E-state index in [0.29, 0.717) is 6.67 Å². The van der Waals surface area contributed by atoms with Gasteiger partial charge in [0.15, 0.2) is 5.84 Å². The molecule has 0 aromatic rings. The Morgan fingerprint density at radius 1 is 1.38 bits per heavy atom. The van der Waals surface area contributed by atoms with Crippen molar-refractivity contribution < 1.29 is 9.72 Å². The molecule has 1 atom stereocenters. The summed E-state index contributed by atoms with van der Waals surface area (Å²) in [5, 5.41) is 26.1. The molecule has 2 rings (SSSR count). The number of hydrazone groups is 2. The van der Waals surface area contributed by atoms with E-state index in [0.717, 1.165) is 18.0 Å². The van der Waals surface area contributed by atoms with Crippen LogP contribution in [-0.4, -0.2) is 46.1 Å². The number of carbonyl (C=O) groups excluding carboxylic acids is 1. The molecular weight excluding hydrogens is 372 g/mol. The minimum absolute atomic E-state index is 0.0414.